The van der Waals surface area contributed by atoms with Crippen molar-refractivity contribution in [2.75, 3.05) is 6.79 Å². The molecule has 3 heterocycles. The molecule has 3 aromatic carbocycles. The van der Waals surface area contributed by atoms with Gasteiger partial charge >= 0.3 is 0 Å². The fourth-order valence-corrected chi connectivity index (χ4v) is 4.79. The Bertz CT molecular complexity index is 1250. The van der Waals surface area contributed by atoms with E-state index in [4.69, 9.17) is 49.0 Å². The molecule has 156 valence electrons. The van der Waals surface area contributed by atoms with Crippen molar-refractivity contribution in [2.45, 2.75) is 12.3 Å². The third-order valence-corrected chi connectivity index (χ3v) is 6.37. The fraction of sp³-hybridized carbons (Fsp3) is 0.130. The third kappa shape index (κ3) is 3.20. The number of ether oxygens (including phenoxy) is 3. The summed E-state index contributed by atoms with van der Waals surface area (Å²) in [5, 5.41) is 3.78. The molecule has 0 aliphatic carbocycles. The first kappa shape index (κ1) is 19.1. The summed E-state index contributed by atoms with van der Waals surface area (Å²) in [5.74, 6) is 2.22. The summed E-state index contributed by atoms with van der Waals surface area (Å²) in [6.07, 6.45) is 1.68. The van der Waals surface area contributed by atoms with Crippen molar-refractivity contribution >= 4 is 40.5 Å². The van der Waals surface area contributed by atoms with Crippen LogP contribution in [0, 0.1) is 0 Å². The molecule has 0 saturated carbocycles. The lowest BCUT2D eigenvalue weighted by atomic mass is 10.0. The van der Waals surface area contributed by atoms with Crippen LogP contribution in [0.5, 0.6) is 17.2 Å². The topological polar surface area (TPSA) is 43.0 Å². The maximum atomic E-state index is 6.54. The van der Waals surface area contributed by atoms with Crippen LogP contribution in [0.2, 0.25) is 15.1 Å². The highest BCUT2D eigenvalue weighted by Crippen LogP contribution is 2.48. The summed E-state index contributed by atoms with van der Waals surface area (Å²) in [4.78, 5) is 0. The molecule has 0 bridgehead atoms. The lowest BCUT2D eigenvalue weighted by Crippen LogP contribution is -2.43. The standard InChI is InChI=1S/C23H15Cl3N2O3/c24-13-3-6-20-16(8-13)19-10-18(12-1-5-21-22(7-12)30-11-29-21)27-28(19)23(31-20)15-4-2-14(25)9-17(15)26/h1-10,19,23,27H,11H2/t19-,23+/m1/s1. The van der Waals surface area contributed by atoms with Crippen molar-refractivity contribution in [3.8, 4) is 17.2 Å². The van der Waals surface area contributed by atoms with E-state index in [9.17, 15) is 0 Å². The molecule has 5 nitrogen and oxygen atoms in total. The monoisotopic (exact) mass is 472 g/mol. The van der Waals surface area contributed by atoms with E-state index in [-0.39, 0.29) is 12.8 Å². The number of halogens is 3. The summed E-state index contributed by atoms with van der Waals surface area (Å²) in [6, 6.07) is 16.8. The Labute approximate surface area is 193 Å². The van der Waals surface area contributed by atoms with Crippen LogP contribution < -0.4 is 19.6 Å². The average Bonchev–Trinajstić information content (AvgIpc) is 3.40. The highest BCUT2D eigenvalue weighted by atomic mass is 35.5. The molecule has 0 radical (unpaired) electrons. The van der Waals surface area contributed by atoms with Gasteiger partial charge in [-0.25, -0.2) is 0 Å². The van der Waals surface area contributed by atoms with Crippen molar-refractivity contribution in [1.82, 2.24) is 10.4 Å². The summed E-state index contributed by atoms with van der Waals surface area (Å²) in [5.41, 5.74) is 7.17. The molecule has 1 N–H and O–H groups in total. The van der Waals surface area contributed by atoms with E-state index >= 15 is 0 Å². The molecule has 3 aliphatic heterocycles. The third-order valence-electron chi connectivity index (χ3n) is 5.57. The van der Waals surface area contributed by atoms with Crippen LogP contribution >= 0.6 is 34.8 Å². The second kappa shape index (κ2) is 7.24. The second-order valence-corrected chi connectivity index (χ2v) is 8.71. The van der Waals surface area contributed by atoms with E-state index in [0.717, 1.165) is 39.6 Å². The van der Waals surface area contributed by atoms with Crippen LogP contribution in [0.1, 0.15) is 29.0 Å². The van der Waals surface area contributed by atoms with Gasteiger partial charge in [0.2, 0.25) is 6.79 Å². The van der Waals surface area contributed by atoms with Crippen LogP contribution in [-0.4, -0.2) is 11.8 Å². The highest BCUT2D eigenvalue weighted by molar-refractivity contribution is 6.35. The van der Waals surface area contributed by atoms with Crippen molar-refractivity contribution in [1.29, 1.82) is 0 Å². The minimum atomic E-state index is -0.466. The Balaban J connectivity index is 1.44. The van der Waals surface area contributed by atoms with E-state index in [1.54, 1.807) is 12.1 Å². The number of hydrazine groups is 1. The Hall–Kier alpha value is -2.57. The highest BCUT2D eigenvalue weighted by Gasteiger charge is 2.41. The Morgan fingerprint density at radius 3 is 2.45 bits per heavy atom. The first-order chi connectivity index (χ1) is 15.1. The van der Waals surface area contributed by atoms with Gasteiger partial charge in [-0.2, -0.15) is 5.01 Å². The Kier molecular flexibility index (Phi) is 4.47. The van der Waals surface area contributed by atoms with Crippen molar-refractivity contribution in [3.05, 3.63) is 92.4 Å². The molecular formula is C23H15Cl3N2O3. The summed E-state index contributed by atoms with van der Waals surface area (Å²) in [6.45, 7) is 0.233. The van der Waals surface area contributed by atoms with Gasteiger partial charge in [-0.05, 0) is 54.6 Å². The van der Waals surface area contributed by atoms with Gasteiger partial charge in [0.15, 0.2) is 17.7 Å². The van der Waals surface area contributed by atoms with E-state index in [0.29, 0.717) is 15.1 Å². The quantitative estimate of drug-likeness (QED) is 0.468. The number of fused-ring (bicyclic) bond motifs is 4. The zero-order chi connectivity index (χ0) is 21.1. The van der Waals surface area contributed by atoms with Crippen molar-refractivity contribution < 1.29 is 14.2 Å². The summed E-state index contributed by atoms with van der Waals surface area (Å²) >= 11 is 18.9. The molecule has 0 fully saturated rings. The molecule has 0 spiro atoms. The molecule has 2 atom stereocenters. The molecule has 3 aliphatic rings. The first-order valence-corrected chi connectivity index (χ1v) is 10.8. The van der Waals surface area contributed by atoms with Gasteiger partial charge in [-0.3, -0.25) is 0 Å². The lowest BCUT2D eigenvalue weighted by Gasteiger charge is -2.39. The molecule has 3 aromatic rings. The van der Waals surface area contributed by atoms with Crippen LogP contribution in [0.4, 0.5) is 0 Å². The Morgan fingerprint density at radius 1 is 0.806 bits per heavy atom. The van der Waals surface area contributed by atoms with Crippen molar-refractivity contribution in [2.24, 2.45) is 0 Å². The van der Waals surface area contributed by atoms with Gasteiger partial charge in [-0.15, -0.1) is 0 Å². The maximum Gasteiger partial charge on any atom is 0.231 e. The molecule has 31 heavy (non-hydrogen) atoms. The molecule has 0 amide bonds. The normalized spacial score (nSPS) is 21.1. The van der Waals surface area contributed by atoms with Gasteiger partial charge in [0.1, 0.15) is 5.75 Å². The zero-order valence-electron chi connectivity index (χ0n) is 15.9. The predicted molar refractivity (Wildman–Crippen MR) is 120 cm³/mol. The SMILES string of the molecule is Clc1ccc([C@@H]2Oc3ccc(Cl)cc3[C@H]3C=C(c4ccc5c(c4)OCO5)NN32)c(Cl)c1. The van der Waals surface area contributed by atoms with Crippen LogP contribution in [0.25, 0.3) is 5.70 Å². The summed E-state index contributed by atoms with van der Waals surface area (Å²) in [7, 11) is 0. The molecule has 0 aromatic heterocycles. The zero-order valence-corrected chi connectivity index (χ0v) is 18.2. The number of rotatable bonds is 2. The van der Waals surface area contributed by atoms with Crippen LogP contribution in [0.3, 0.4) is 0 Å². The molecule has 0 saturated heterocycles. The predicted octanol–water partition coefficient (Wildman–Crippen LogP) is 6.37. The number of hydrogen-bond acceptors (Lipinski definition) is 5. The fourth-order valence-electron chi connectivity index (χ4n) is 4.10. The number of hydrogen-bond donors (Lipinski definition) is 1. The smallest absolute Gasteiger partial charge is 0.231 e. The minimum absolute atomic E-state index is 0.111. The van der Waals surface area contributed by atoms with E-state index in [1.807, 2.05) is 47.5 Å². The van der Waals surface area contributed by atoms with E-state index < -0.39 is 6.23 Å². The molecule has 8 heteroatoms. The lowest BCUT2D eigenvalue weighted by molar-refractivity contribution is -0.0325. The van der Waals surface area contributed by atoms with E-state index in [1.165, 1.54) is 0 Å². The number of benzene rings is 3. The number of nitrogens with zero attached hydrogens (tertiary/aromatic N) is 1. The second-order valence-electron chi connectivity index (χ2n) is 7.43. The largest absolute Gasteiger partial charge is 0.469 e. The Morgan fingerprint density at radius 2 is 1.58 bits per heavy atom. The molecular weight excluding hydrogens is 459 g/mol. The van der Waals surface area contributed by atoms with Crippen LogP contribution in [0.15, 0.2) is 60.7 Å². The van der Waals surface area contributed by atoms with Gasteiger partial charge < -0.3 is 19.6 Å². The van der Waals surface area contributed by atoms with Gasteiger partial charge in [0.05, 0.1) is 16.8 Å². The average molecular weight is 474 g/mol. The van der Waals surface area contributed by atoms with Crippen molar-refractivity contribution in [3.63, 3.8) is 0 Å². The van der Waals surface area contributed by atoms with Gasteiger partial charge in [0, 0.05) is 26.7 Å². The summed E-state index contributed by atoms with van der Waals surface area (Å²) < 4.78 is 17.3. The van der Waals surface area contributed by atoms with E-state index in [2.05, 4.69) is 11.5 Å². The maximum absolute atomic E-state index is 6.54. The first-order valence-electron chi connectivity index (χ1n) is 9.65. The molecule has 6 rings (SSSR count). The van der Waals surface area contributed by atoms with Crippen LogP contribution in [-0.2, 0) is 0 Å². The van der Waals surface area contributed by atoms with Gasteiger partial charge in [-0.1, -0.05) is 40.9 Å². The minimum Gasteiger partial charge on any atom is -0.469 e. The molecule has 0 unspecified atom stereocenters. The van der Waals surface area contributed by atoms with Gasteiger partial charge in [0.25, 0.3) is 0 Å². The number of nitrogens with one attached hydrogen (secondary N) is 1.